The summed E-state index contributed by atoms with van der Waals surface area (Å²) in [6, 6.07) is 6.26. The molecule has 1 amide bonds. The molecule has 1 fully saturated rings. The number of aliphatic carboxylic acids is 1. The summed E-state index contributed by atoms with van der Waals surface area (Å²) >= 11 is 6.82. The zero-order valence-electron chi connectivity index (χ0n) is 17.7. The number of carboxylic acid groups (broad SMARTS) is 1. The predicted molar refractivity (Wildman–Crippen MR) is 119 cm³/mol. The van der Waals surface area contributed by atoms with Gasteiger partial charge in [0, 0.05) is 11.6 Å². The summed E-state index contributed by atoms with van der Waals surface area (Å²) in [6.07, 6.45) is -4.08. The van der Waals surface area contributed by atoms with Crippen LogP contribution in [0.15, 0.2) is 24.3 Å². The third-order valence-corrected chi connectivity index (χ3v) is 6.53. The van der Waals surface area contributed by atoms with Crippen molar-refractivity contribution in [3.8, 4) is 16.2 Å². The lowest BCUT2D eigenvalue weighted by Crippen LogP contribution is -2.34. The van der Waals surface area contributed by atoms with E-state index in [4.69, 9.17) is 21.4 Å². The van der Waals surface area contributed by atoms with Gasteiger partial charge in [-0.3, -0.25) is 4.79 Å². The summed E-state index contributed by atoms with van der Waals surface area (Å²) in [5.41, 5.74) is 0.754. The lowest BCUT2D eigenvalue weighted by molar-refractivity contribution is -0.193. The molecular formula is C21H18ClF3N2O7S. The van der Waals surface area contributed by atoms with E-state index < -0.39 is 41.3 Å². The Morgan fingerprint density at radius 1 is 1.20 bits per heavy atom. The van der Waals surface area contributed by atoms with E-state index in [0.717, 1.165) is 13.1 Å². The van der Waals surface area contributed by atoms with Gasteiger partial charge in [0.25, 0.3) is 0 Å². The van der Waals surface area contributed by atoms with Crippen molar-refractivity contribution in [2.75, 3.05) is 25.0 Å². The molecule has 188 valence electrons. The maximum Gasteiger partial charge on any atom is 0.491 e. The topological polar surface area (TPSA) is 131 Å². The molecule has 3 rings (SSSR count). The number of ether oxygens (including phenoxy) is 2. The first kappa shape index (κ1) is 26.4. The molecule has 1 aromatic heterocycles. The molecule has 0 saturated carbocycles. The van der Waals surface area contributed by atoms with E-state index >= 15 is 0 Å². The largest absolute Gasteiger partial charge is 0.491 e. The fraction of sp³-hybridized carbons (Fsp3) is 0.333. The summed E-state index contributed by atoms with van der Waals surface area (Å²) in [4.78, 5) is 46.3. The molecule has 1 aliphatic heterocycles. The molecule has 0 bridgehead atoms. The highest BCUT2D eigenvalue weighted by atomic mass is 35.5. The van der Waals surface area contributed by atoms with Crippen LogP contribution in [0.1, 0.15) is 22.5 Å². The fourth-order valence-electron chi connectivity index (χ4n) is 3.23. The van der Waals surface area contributed by atoms with Gasteiger partial charge in [-0.15, -0.1) is 11.3 Å². The lowest BCUT2D eigenvalue weighted by Gasteiger charge is -2.21. The fourth-order valence-corrected chi connectivity index (χ4v) is 4.67. The number of benzene rings is 1. The molecule has 2 heterocycles. The van der Waals surface area contributed by atoms with Crippen molar-refractivity contribution in [1.82, 2.24) is 5.32 Å². The van der Waals surface area contributed by atoms with Crippen LogP contribution in [0.25, 0.3) is 10.4 Å². The maximum atomic E-state index is 12.5. The number of amides is 1. The number of esters is 2. The van der Waals surface area contributed by atoms with Gasteiger partial charge < -0.3 is 25.2 Å². The molecule has 3 N–H and O–H groups in total. The standard InChI is InChI=1S/C21H18ClF3N2O7S/c22-14-15(33-9-13(28)29)17(19(31)34-20(32)21(23,24)25)35-16(14)11-2-1-3-12(8-11)27-18(30)10-4-6-26-7-5-10/h1-3,8,10,26H,4-7,9H2,(H,27,30)(H,28,29). The van der Waals surface area contributed by atoms with E-state index in [9.17, 15) is 32.3 Å². The average Bonchev–Trinajstić information content (AvgIpc) is 3.14. The molecule has 9 nitrogen and oxygen atoms in total. The van der Waals surface area contributed by atoms with E-state index in [2.05, 4.69) is 15.4 Å². The van der Waals surface area contributed by atoms with Crippen molar-refractivity contribution >= 4 is 52.4 Å². The molecule has 0 aliphatic carbocycles. The second-order valence-corrected chi connectivity index (χ2v) is 8.75. The number of alkyl halides is 3. The van der Waals surface area contributed by atoms with Gasteiger partial charge >= 0.3 is 24.1 Å². The van der Waals surface area contributed by atoms with Crippen LogP contribution in [0.4, 0.5) is 18.9 Å². The quantitative estimate of drug-likeness (QED) is 0.362. The van der Waals surface area contributed by atoms with Crippen molar-refractivity contribution in [1.29, 1.82) is 0 Å². The minimum absolute atomic E-state index is 0.122. The zero-order valence-corrected chi connectivity index (χ0v) is 19.3. The zero-order chi connectivity index (χ0) is 25.8. The first-order valence-corrected chi connectivity index (χ1v) is 11.3. The Morgan fingerprint density at radius 3 is 2.51 bits per heavy atom. The van der Waals surface area contributed by atoms with Gasteiger partial charge in [-0.1, -0.05) is 23.7 Å². The third-order valence-electron chi connectivity index (χ3n) is 4.85. The molecule has 0 atom stereocenters. The van der Waals surface area contributed by atoms with Crippen LogP contribution in [0.2, 0.25) is 5.02 Å². The van der Waals surface area contributed by atoms with Crippen LogP contribution in [0, 0.1) is 5.92 Å². The van der Waals surface area contributed by atoms with Crippen molar-refractivity contribution in [2.24, 2.45) is 5.92 Å². The van der Waals surface area contributed by atoms with Crippen molar-refractivity contribution in [3.05, 3.63) is 34.2 Å². The molecule has 0 unspecified atom stereocenters. The van der Waals surface area contributed by atoms with Crippen LogP contribution in [0.5, 0.6) is 5.75 Å². The first-order valence-electron chi connectivity index (χ1n) is 10.1. The van der Waals surface area contributed by atoms with Crippen LogP contribution < -0.4 is 15.4 Å². The highest BCUT2D eigenvalue weighted by Crippen LogP contribution is 2.46. The van der Waals surface area contributed by atoms with Gasteiger partial charge in [-0.25, -0.2) is 14.4 Å². The number of hydrogen-bond donors (Lipinski definition) is 3. The van der Waals surface area contributed by atoms with Crippen LogP contribution in [-0.4, -0.2) is 54.8 Å². The lowest BCUT2D eigenvalue weighted by atomic mass is 9.97. The minimum Gasteiger partial charge on any atom is -0.479 e. The van der Waals surface area contributed by atoms with Crippen LogP contribution in [-0.2, 0) is 19.1 Å². The SMILES string of the molecule is O=C(O)COc1c(C(=O)OC(=O)C(F)(F)F)sc(-c2cccc(NC(=O)C3CCNCC3)c2)c1Cl. The van der Waals surface area contributed by atoms with E-state index in [1.807, 2.05) is 0 Å². The number of carbonyl (C=O) groups excluding carboxylic acids is 3. The molecule has 14 heteroatoms. The van der Waals surface area contributed by atoms with Crippen molar-refractivity contribution in [2.45, 2.75) is 19.0 Å². The third kappa shape index (κ3) is 6.71. The summed E-state index contributed by atoms with van der Waals surface area (Å²) in [5, 5.41) is 14.6. The van der Waals surface area contributed by atoms with E-state index in [0.29, 0.717) is 35.4 Å². The van der Waals surface area contributed by atoms with Gasteiger partial charge in [0.05, 0.1) is 4.88 Å². The molecule has 35 heavy (non-hydrogen) atoms. The minimum atomic E-state index is -5.43. The summed E-state index contributed by atoms with van der Waals surface area (Å²) in [7, 11) is 0. The number of nitrogens with one attached hydrogen (secondary N) is 2. The molecule has 0 spiro atoms. The Labute approximate surface area is 205 Å². The monoisotopic (exact) mass is 534 g/mol. The molecule has 1 aliphatic rings. The Kier molecular flexibility index (Phi) is 8.35. The second kappa shape index (κ2) is 11.1. The van der Waals surface area contributed by atoms with E-state index in [-0.39, 0.29) is 21.7 Å². The number of rotatable bonds is 7. The normalized spacial score (nSPS) is 14.3. The van der Waals surface area contributed by atoms with Gasteiger partial charge in [0.15, 0.2) is 17.2 Å². The Bertz CT molecular complexity index is 1150. The number of carboxylic acids is 1. The Morgan fingerprint density at radius 2 is 1.89 bits per heavy atom. The average molecular weight is 535 g/mol. The first-order chi connectivity index (χ1) is 16.5. The van der Waals surface area contributed by atoms with Crippen molar-refractivity contribution < 1.29 is 46.9 Å². The number of halogens is 4. The molecule has 2 aromatic rings. The summed E-state index contributed by atoms with van der Waals surface area (Å²) in [5.74, 6) is -6.79. The highest BCUT2D eigenvalue weighted by Gasteiger charge is 2.43. The van der Waals surface area contributed by atoms with E-state index in [1.54, 1.807) is 18.2 Å². The van der Waals surface area contributed by atoms with E-state index in [1.165, 1.54) is 6.07 Å². The highest BCUT2D eigenvalue weighted by molar-refractivity contribution is 7.18. The smallest absolute Gasteiger partial charge is 0.479 e. The number of hydrogen-bond acceptors (Lipinski definition) is 8. The summed E-state index contributed by atoms with van der Waals surface area (Å²) < 4.78 is 46.4. The van der Waals surface area contributed by atoms with Gasteiger partial charge in [-0.2, -0.15) is 13.2 Å². The Balaban J connectivity index is 1.91. The number of piperidine rings is 1. The van der Waals surface area contributed by atoms with Crippen molar-refractivity contribution in [3.63, 3.8) is 0 Å². The second-order valence-electron chi connectivity index (χ2n) is 7.35. The molecular weight excluding hydrogens is 517 g/mol. The predicted octanol–water partition coefficient (Wildman–Crippen LogP) is 3.72. The Hall–Kier alpha value is -3.16. The summed E-state index contributed by atoms with van der Waals surface area (Å²) in [6.45, 7) is 0.477. The number of thiophene rings is 1. The van der Waals surface area contributed by atoms with Crippen LogP contribution >= 0.6 is 22.9 Å². The van der Waals surface area contributed by atoms with Gasteiger partial charge in [0.2, 0.25) is 5.91 Å². The molecule has 1 saturated heterocycles. The van der Waals surface area contributed by atoms with Gasteiger partial charge in [0.1, 0.15) is 5.02 Å². The maximum absolute atomic E-state index is 12.5. The van der Waals surface area contributed by atoms with Crippen LogP contribution in [0.3, 0.4) is 0 Å². The molecule has 0 radical (unpaired) electrons. The molecule has 1 aromatic carbocycles. The number of anilines is 1. The van der Waals surface area contributed by atoms with Gasteiger partial charge in [-0.05, 0) is 43.6 Å². The number of carbonyl (C=O) groups is 4.